The Balaban J connectivity index is 1.49. The van der Waals surface area contributed by atoms with Gasteiger partial charge in [-0.25, -0.2) is 9.37 Å². The summed E-state index contributed by atoms with van der Waals surface area (Å²) in [5.41, 5.74) is 2.79. The number of carbonyl (C=O) groups is 1. The van der Waals surface area contributed by atoms with Crippen LogP contribution >= 0.6 is 0 Å². The first kappa shape index (κ1) is 13.9. The molecule has 3 aromatic rings. The third kappa shape index (κ3) is 2.59. The number of rotatable bonds is 3. The average Bonchev–Trinajstić information content (AvgIpc) is 2.90. The summed E-state index contributed by atoms with van der Waals surface area (Å²) in [5, 5.41) is 0. The molecule has 1 fully saturated rings. The first-order valence-electron chi connectivity index (χ1n) is 7.69. The smallest absolute Gasteiger partial charge is 0.230 e. The monoisotopic (exact) mass is 309 g/mol. The molecule has 1 atom stereocenters. The number of H-pyrrole nitrogens is 1. The molecular formula is C18H16FN3O. The van der Waals surface area contributed by atoms with Crippen LogP contribution in [0.1, 0.15) is 23.9 Å². The number of nitrogens with zero attached hydrogens (tertiary/aromatic N) is 2. The lowest BCUT2D eigenvalue weighted by Gasteiger charge is -2.41. The molecule has 0 saturated carbocycles. The zero-order valence-electron chi connectivity index (χ0n) is 12.5. The van der Waals surface area contributed by atoms with E-state index >= 15 is 0 Å². The van der Waals surface area contributed by atoms with E-state index in [1.807, 2.05) is 29.2 Å². The van der Waals surface area contributed by atoms with Gasteiger partial charge in [0.2, 0.25) is 5.91 Å². The lowest BCUT2D eigenvalue weighted by atomic mass is 9.94. The second-order valence-corrected chi connectivity index (χ2v) is 5.82. The topological polar surface area (TPSA) is 49.0 Å². The second kappa shape index (κ2) is 5.50. The van der Waals surface area contributed by atoms with Gasteiger partial charge in [-0.15, -0.1) is 0 Å². The number of hydrogen-bond donors (Lipinski definition) is 1. The zero-order chi connectivity index (χ0) is 15.8. The Bertz CT molecular complexity index is 823. The van der Waals surface area contributed by atoms with Gasteiger partial charge in [0.05, 0.1) is 23.5 Å². The molecule has 2 aromatic carbocycles. The van der Waals surface area contributed by atoms with E-state index in [-0.39, 0.29) is 24.2 Å². The van der Waals surface area contributed by atoms with Crippen molar-refractivity contribution in [3.8, 4) is 0 Å². The van der Waals surface area contributed by atoms with Gasteiger partial charge in [0.15, 0.2) is 0 Å². The Morgan fingerprint density at radius 2 is 2.00 bits per heavy atom. The van der Waals surface area contributed by atoms with Crippen molar-refractivity contribution in [1.29, 1.82) is 0 Å². The van der Waals surface area contributed by atoms with Crippen molar-refractivity contribution in [3.05, 3.63) is 65.7 Å². The Hall–Kier alpha value is -2.69. The Kier molecular flexibility index (Phi) is 3.33. The molecule has 23 heavy (non-hydrogen) atoms. The number of likely N-dealkylation sites (tertiary alicyclic amines) is 1. The molecule has 1 aromatic heterocycles. The molecule has 116 valence electrons. The molecule has 0 unspecified atom stereocenters. The minimum absolute atomic E-state index is 0.0460. The van der Waals surface area contributed by atoms with Crippen LogP contribution in [0, 0.1) is 5.82 Å². The fraction of sp³-hybridized carbons (Fsp3) is 0.222. The van der Waals surface area contributed by atoms with E-state index in [1.165, 1.54) is 12.1 Å². The maximum atomic E-state index is 13.0. The largest absolute Gasteiger partial charge is 0.342 e. The van der Waals surface area contributed by atoms with Crippen LogP contribution in [0.5, 0.6) is 0 Å². The van der Waals surface area contributed by atoms with Crippen molar-refractivity contribution >= 4 is 16.9 Å². The Labute approximate surface area is 133 Å². The molecule has 1 saturated heterocycles. The van der Waals surface area contributed by atoms with E-state index in [9.17, 15) is 9.18 Å². The van der Waals surface area contributed by atoms with Crippen molar-refractivity contribution in [1.82, 2.24) is 14.9 Å². The zero-order valence-corrected chi connectivity index (χ0v) is 12.5. The van der Waals surface area contributed by atoms with E-state index in [4.69, 9.17) is 0 Å². The summed E-state index contributed by atoms with van der Waals surface area (Å²) in [4.78, 5) is 22.0. The highest BCUT2D eigenvalue weighted by Crippen LogP contribution is 2.33. The summed E-state index contributed by atoms with van der Waals surface area (Å²) >= 11 is 0. The highest BCUT2D eigenvalue weighted by molar-refractivity contribution is 5.81. The number of nitrogens with one attached hydrogen (secondary N) is 1. The van der Waals surface area contributed by atoms with Crippen LogP contribution in [0.4, 0.5) is 4.39 Å². The average molecular weight is 309 g/mol. The molecule has 0 bridgehead atoms. The quantitative estimate of drug-likeness (QED) is 0.807. The number of carbonyl (C=O) groups excluding carboxylic acids is 1. The fourth-order valence-electron chi connectivity index (χ4n) is 3.05. The van der Waals surface area contributed by atoms with Gasteiger partial charge in [-0.05, 0) is 36.2 Å². The molecule has 0 aliphatic carbocycles. The van der Waals surface area contributed by atoms with E-state index in [2.05, 4.69) is 9.97 Å². The van der Waals surface area contributed by atoms with Crippen LogP contribution in [-0.2, 0) is 11.2 Å². The third-order valence-electron chi connectivity index (χ3n) is 4.35. The molecule has 5 heteroatoms. The number of aromatic nitrogens is 2. The maximum absolute atomic E-state index is 13.0. The highest BCUT2D eigenvalue weighted by atomic mass is 19.1. The number of hydrogen-bond acceptors (Lipinski definition) is 2. The van der Waals surface area contributed by atoms with Gasteiger partial charge in [0, 0.05) is 6.54 Å². The minimum atomic E-state index is -0.256. The summed E-state index contributed by atoms with van der Waals surface area (Å²) in [7, 11) is 0. The van der Waals surface area contributed by atoms with E-state index in [1.54, 1.807) is 12.1 Å². The number of aromatic amines is 1. The lowest BCUT2D eigenvalue weighted by Crippen LogP contribution is -2.45. The van der Waals surface area contributed by atoms with Gasteiger partial charge < -0.3 is 9.88 Å². The molecule has 1 N–H and O–H groups in total. The molecule has 4 rings (SSSR count). The first-order chi connectivity index (χ1) is 11.2. The Morgan fingerprint density at radius 3 is 2.70 bits per heavy atom. The third-order valence-corrected chi connectivity index (χ3v) is 4.35. The van der Waals surface area contributed by atoms with Gasteiger partial charge in [0.25, 0.3) is 0 Å². The van der Waals surface area contributed by atoms with Gasteiger partial charge in [-0.1, -0.05) is 24.3 Å². The number of amides is 1. The van der Waals surface area contributed by atoms with Crippen molar-refractivity contribution in [2.75, 3.05) is 6.54 Å². The summed E-state index contributed by atoms with van der Waals surface area (Å²) < 4.78 is 13.0. The molecule has 1 aliphatic rings. The van der Waals surface area contributed by atoms with E-state index in [0.717, 1.165) is 29.6 Å². The van der Waals surface area contributed by atoms with Crippen molar-refractivity contribution in [2.45, 2.75) is 18.9 Å². The predicted molar refractivity (Wildman–Crippen MR) is 85.3 cm³/mol. The second-order valence-electron chi connectivity index (χ2n) is 5.82. The molecular weight excluding hydrogens is 293 g/mol. The van der Waals surface area contributed by atoms with Crippen LogP contribution < -0.4 is 0 Å². The maximum Gasteiger partial charge on any atom is 0.230 e. The normalized spacial score (nSPS) is 17.3. The number of fused-ring (bicyclic) bond motifs is 1. The van der Waals surface area contributed by atoms with Crippen LogP contribution in [-0.4, -0.2) is 27.3 Å². The number of imidazole rings is 1. The van der Waals surface area contributed by atoms with Gasteiger partial charge in [-0.3, -0.25) is 4.79 Å². The highest BCUT2D eigenvalue weighted by Gasteiger charge is 2.33. The summed E-state index contributed by atoms with van der Waals surface area (Å²) in [6.45, 7) is 0.737. The van der Waals surface area contributed by atoms with Crippen molar-refractivity contribution in [3.63, 3.8) is 0 Å². The Morgan fingerprint density at radius 1 is 1.22 bits per heavy atom. The summed E-state index contributed by atoms with van der Waals surface area (Å²) in [6.07, 6.45) is 1.17. The number of benzene rings is 2. The van der Waals surface area contributed by atoms with Crippen LogP contribution in [0.3, 0.4) is 0 Å². The van der Waals surface area contributed by atoms with Crippen molar-refractivity contribution < 1.29 is 9.18 Å². The number of para-hydroxylation sites is 2. The molecule has 1 amide bonds. The molecule has 2 heterocycles. The van der Waals surface area contributed by atoms with E-state index < -0.39 is 0 Å². The molecule has 1 aliphatic heterocycles. The van der Waals surface area contributed by atoms with Crippen molar-refractivity contribution in [2.24, 2.45) is 0 Å². The predicted octanol–water partition coefficient (Wildman–Crippen LogP) is 3.22. The number of halogens is 1. The van der Waals surface area contributed by atoms with Crippen LogP contribution in [0.25, 0.3) is 11.0 Å². The van der Waals surface area contributed by atoms with E-state index in [0.29, 0.717) is 5.82 Å². The summed E-state index contributed by atoms with van der Waals surface area (Å²) in [6, 6.07) is 14.2. The molecule has 4 nitrogen and oxygen atoms in total. The SMILES string of the molecule is O=C(Cc1nc2ccccc2[nH]1)N1CC[C@H]1c1ccc(F)cc1. The fourth-order valence-corrected chi connectivity index (χ4v) is 3.05. The molecule has 0 spiro atoms. The molecule has 0 radical (unpaired) electrons. The lowest BCUT2D eigenvalue weighted by molar-refractivity contribution is -0.138. The standard InChI is InChI=1S/C18H16FN3O/c19-13-7-5-12(6-8-13)16-9-10-22(16)18(23)11-17-20-14-3-1-2-4-15(14)21-17/h1-8,16H,9-11H2,(H,20,21)/t16-/m0/s1. The van der Waals surface area contributed by atoms with Crippen LogP contribution in [0.15, 0.2) is 48.5 Å². The van der Waals surface area contributed by atoms with Gasteiger partial charge >= 0.3 is 0 Å². The minimum Gasteiger partial charge on any atom is -0.342 e. The van der Waals surface area contributed by atoms with Crippen LogP contribution in [0.2, 0.25) is 0 Å². The first-order valence-corrected chi connectivity index (χ1v) is 7.69. The van der Waals surface area contributed by atoms with Gasteiger partial charge in [-0.2, -0.15) is 0 Å². The van der Waals surface area contributed by atoms with Gasteiger partial charge in [0.1, 0.15) is 11.6 Å². The summed E-state index contributed by atoms with van der Waals surface area (Å²) in [5.74, 6) is 0.471.